The molecule has 0 saturated heterocycles. The molecular weight excluding hydrogens is 212 g/mol. The van der Waals surface area contributed by atoms with Crippen LogP contribution in [0, 0.1) is 17.8 Å². The van der Waals surface area contributed by atoms with Crippen LogP contribution in [0.25, 0.3) is 0 Å². The molecule has 4 atom stereocenters. The zero-order valence-corrected chi connectivity index (χ0v) is 9.88. The molecule has 0 amide bonds. The standard InChI is InChI=1S/C15H18O2/c16-9-13-12-7-6-11(8-14(12)17)15(13)10-4-2-1-3-5-10/h1-5,11-13,15-16H,6-9H2. The van der Waals surface area contributed by atoms with E-state index in [-0.39, 0.29) is 18.4 Å². The minimum absolute atomic E-state index is 0.107. The molecule has 0 aliphatic heterocycles. The molecule has 17 heavy (non-hydrogen) atoms. The lowest BCUT2D eigenvalue weighted by atomic mass is 9.56. The van der Waals surface area contributed by atoms with Crippen LogP contribution in [0.2, 0.25) is 0 Å². The largest absolute Gasteiger partial charge is 0.396 e. The number of ketones is 1. The third-order valence-corrected chi connectivity index (χ3v) is 4.61. The number of aliphatic hydroxyl groups is 1. The molecule has 0 heterocycles. The quantitative estimate of drug-likeness (QED) is 0.847. The second-order valence-corrected chi connectivity index (χ2v) is 5.40. The maximum Gasteiger partial charge on any atom is 0.136 e. The van der Waals surface area contributed by atoms with Crippen LogP contribution in [-0.4, -0.2) is 17.5 Å². The van der Waals surface area contributed by atoms with Crippen LogP contribution in [0.15, 0.2) is 30.3 Å². The van der Waals surface area contributed by atoms with Crippen LogP contribution in [0.1, 0.15) is 30.7 Å². The Kier molecular flexibility index (Phi) is 2.75. The molecule has 4 unspecified atom stereocenters. The Labute approximate surface area is 102 Å². The van der Waals surface area contributed by atoms with Crippen molar-refractivity contribution in [3.05, 3.63) is 35.9 Å². The van der Waals surface area contributed by atoms with Gasteiger partial charge in [-0.05, 0) is 36.2 Å². The number of rotatable bonds is 2. The lowest BCUT2D eigenvalue weighted by Crippen LogP contribution is -2.45. The van der Waals surface area contributed by atoms with Gasteiger partial charge in [0, 0.05) is 18.9 Å². The third-order valence-electron chi connectivity index (χ3n) is 4.61. The highest BCUT2D eigenvalue weighted by atomic mass is 16.3. The minimum Gasteiger partial charge on any atom is -0.396 e. The van der Waals surface area contributed by atoms with Gasteiger partial charge in [-0.3, -0.25) is 4.79 Å². The van der Waals surface area contributed by atoms with Gasteiger partial charge >= 0.3 is 0 Å². The van der Waals surface area contributed by atoms with Crippen LogP contribution in [0.5, 0.6) is 0 Å². The summed E-state index contributed by atoms with van der Waals surface area (Å²) < 4.78 is 0. The average molecular weight is 230 g/mol. The van der Waals surface area contributed by atoms with Gasteiger partial charge < -0.3 is 5.11 Å². The van der Waals surface area contributed by atoms with Gasteiger partial charge in [0.15, 0.2) is 0 Å². The number of aliphatic hydroxyl groups excluding tert-OH is 1. The van der Waals surface area contributed by atoms with Crippen molar-refractivity contribution >= 4 is 5.78 Å². The summed E-state index contributed by atoms with van der Waals surface area (Å²) in [5, 5.41) is 9.61. The van der Waals surface area contributed by atoms with Gasteiger partial charge in [0.25, 0.3) is 0 Å². The number of carbonyl (C=O) groups excluding carboxylic acids is 1. The summed E-state index contributed by atoms with van der Waals surface area (Å²) in [5.74, 6) is 1.48. The van der Waals surface area contributed by atoms with Gasteiger partial charge in [0.2, 0.25) is 0 Å². The summed E-state index contributed by atoms with van der Waals surface area (Å²) in [6, 6.07) is 10.4. The van der Waals surface area contributed by atoms with Gasteiger partial charge in [0.05, 0.1) is 0 Å². The van der Waals surface area contributed by atoms with Crippen molar-refractivity contribution in [1.29, 1.82) is 0 Å². The second-order valence-electron chi connectivity index (χ2n) is 5.40. The molecule has 2 nitrogen and oxygen atoms in total. The van der Waals surface area contributed by atoms with Crippen LogP contribution in [0.3, 0.4) is 0 Å². The molecule has 90 valence electrons. The number of carbonyl (C=O) groups is 1. The van der Waals surface area contributed by atoms with E-state index in [2.05, 4.69) is 12.1 Å². The number of hydrogen-bond donors (Lipinski definition) is 1. The second kappa shape index (κ2) is 4.26. The first-order chi connectivity index (χ1) is 8.31. The molecule has 3 aliphatic rings. The first-order valence-electron chi connectivity index (χ1n) is 6.49. The highest BCUT2D eigenvalue weighted by Gasteiger charge is 2.48. The van der Waals surface area contributed by atoms with E-state index in [1.165, 1.54) is 5.56 Å². The van der Waals surface area contributed by atoms with Crippen molar-refractivity contribution in [1.82, 2.24) is 0 Å². The summed E-state index contributed by atoms with van der Waals surface area (Å²) in [5.41, 5.74) is 1.30. The molecule has 1 N–H and O–H groups in total. The maximum absolute atomic E-state index is 11.9. The van der Waals surface area contributed by atoms with Gasteiger partial charge in [-0.2, -0.15) is 0 Å². The van der Waals surface area contributed by atoms with E-state index in [4.69, 9.17) is 0 Å². The van der Waals surface area contributed by atoms with Crippen molar-refractivity contribution in [3.63, 3.8) is 0 Å². The Balaban J connectivity index is 1.96. The van der Waals surface area contributed by atoms with Crippen molar-refractivity contribution in [2.75, 3.05) is 6.61 Å². The van der Waals surface area contributed by atoms with Crippen LogP contribution in [-0.2, 0) is 4.79 Å². The summed E-state index contributed by atoms with van der Waals surface area (Å²) in [6.45, 7) is 0.145. The number of Topliss-reactive ketones (excluding diaryl/α,β-unsaturated/α-hetero) is 1. The fraction of sp³-hybridized carbons (Fsp3) is 0.533. The SMILES string of the molecule is O=C1CC2CCC1C(CO)C2c1ccccc1. The summed E-state index contributed by atoms with van der Waals surface area (Å²) in [6.07, 6.45) is 2.85. The van der Waals surface area contributed by atoms with E-state index < -0.39 is 0 Å². The molecule has 0 aromatic heterocycles. The molecule has 2 heteroatoms. The lowest BCUT2D eigenvalue weighted by molar-refractivity contribution is -0.135. The summed E-state index contributed by atoms with van der Waals surface area (Å²) in [4.78, 5) is 11.9. The Morgan fingerprint density at radius 2 is 1.94 bits per heavy atom. The van der Waals surface area contributed by atoms with Crippen LogP contribution in [0.4, 0.5) is 0 Å². The third kappa shape index (κ3) is 1.71. The number of hydrogen-bond acceptors (Lipinski definition) is 2. The molecule has 3 saturated carbocycles. The topological polar surface area (TPSA) is 37.3 Å². The van der Waals surface area contributed by atoms with E-state index >= 15 is 0 Å². The van der Waals surface area contributed by atoms with Crippen LogP contribution < -0.4 is 0 Å². The average Bonchev–Trinajstić information content (AvgIpc) is 2.39. The normalized spacial score (nSPS) is 36.2. The molecule has 3 aliphatic carbocycles. The van der Waals surface area contributed by atoms with E-state index in [0.717, 1.165) is 19.3 Å². The number of fused-ring (bicyclic) bond motifs is 3. The molecule has 1 aromatic rings. The summed E-state index contributed by atoms with van der Waals surface area (Å²) in [7, 11) is 0. The predicted molar refractivity (Wildman–Crippen MR) is 65.6 cm³/mol. The Bertz CT molecular complexity index is 412. The zero-order valence-electron chi connectivity index (χ0n) is 9.88. The van der Waals surface area contributed by atoms with Crippen molar-refractivity contribution in [2.24, 2.45) is 17.8 Å². The first kappa shape index (κ1) is 11.0. The fourth-order valence-corrected chi connectivity index (χ4v) is 3.86. The van der Waals surface area contributed by atoms with Gasteiger partial charge in [0.1, 0.15) is 5.78 Å². The fourth-order valence-electron chi connectivity index (χ4n) is 3.86. The Hall–Kier alpha value is -1.15. The van der Waals surface area contributed by atoms with E-state index in [0.29, 0.717) is 17.6 Å². The maximum atomic E-state index is 11.9. The van der Waals surface area contributed by atoms with E-state index in [1.54, 1.807) is 0 Å². The molecule has 4 rings (SSSR count). The lowest BCUT2D eigenvalue weighted by Gasteiger charge is -2.47. The highest BCUT2D eigenvalue weighted by molar-refractivity contribution is 5.83. The van der Waals surface area contributed by atoms with Gasteiger partial charge in [-0.1, -0.05) is 30.3 Å². The van der Waals surface area contributed by atoms with Crippen molar-refractivity contribution in [3.8, 4) is 0 Å². The van der Waals surface area contributed by atoms with E-state index in [9.17, 15) is 9.90 Å². The molecule has 0 radical (unpaired) electrons. The van der Waals surface area contributed by atoms with Gasteiger partial charge in [-0.15, -0.1) is 0 Å². The zero-order chi connectivity index (χ0) is 11.8. The summed E-state index contributed by atoms with van der Waals surface area (Å²) >= 11 is 0. The molecule has 3 fully saturated rings. The van der Waals surface area contributed by atoms with Crippen LogP contribution >= 0.6 is 0 Å². The van der Waals surface area contributed by atoms with Gasteiger partial charge in [-0.25, -0.2) is 0 Å². The highest BCUT2D eigenvalue weighted by Crippen LogP contribution is 2.51. The number of benzene rings is 1. The smallest absolute Gasteiger partial charge is 0.136 e. The Morgan fingerprint density at radius 1 is 1.18 bits per heavy atom. The Morgan fingerprint density at radius 3 is 2.59 bits per heavy atom. The van der Waals surface area contributed by atoms with E-state index in [1.807, 2.05) is 18.2 Å². The predicted octanol–water partition coefficient (Wildman–Crippen LogP) is 2.38. The molecule has 0 spiro atoms. The first-order valence-corrected chi connectivity index (χ1v) is 6.49. The molecule has 1 aromatic carbocycles. The molecule has 2 bridgehead atoms. The monoisotopic (exact) mass is 230 g/mol. The minimum atomic E-state index is 0.107. The van der Waals surface area contributed by atoms with Crippen molar-refractivity contribution < 1.29 is 9.90 Å². The van der Waals surface area contributed by atoms with Crippen molar-refractivity contribution in [2.45, 2.75) is 25.2 Å². The molecular formula is C15H18O2.